The second-order valence-electron chi connectivity index (χ2n) is 7.20. The standard InChI is InChI=1S/C23H23ClN2O5S/c1-26(15-17-5-4-8-20(24)13-17)22(27)16-31-23(28)11-12-25-32(29,30)21-10-9-18-6-2-3-7-19(18)14-21/h2-10,13-14,25H,11-12,15-16H2,1H3. The summed E-state index contributed by atoms with van der Waals surface area (Å²) in [4.78, 5) is 25.6. The minimum absolute atomic E-state index is 0.113. The van der Waals surface area contributed by atoms with Gasteiger partial charge in [-0.25, -0.2) is 13.1 Å². The maximum atomic E-state index is 12.5. The molecule has 9 heteroatoms. The van der Waals surface area contributed by atoms with Crippen molar-refractivity contribution in [2.45, 2.75) is 17.9 Å². The van der Waals surface area contributed by atoms with Crippen molar-refractivity contribution in [3.8, 4) is 0 Å². The number of halogens is 1. The number of benzene rings is 3. The molecule has 0 saturated heterocycles. The molecular formula is C23H23ClN2O5S. The highest BCUT2D eigenvalue weighted by Gasteiger charge is 2.16. The molecule has 0 radical (unpaired) electrons. The molecule has 3 aromatic rings. The first-order valence-electron chi connectivity index (χ1n) is 9.87. The highest BCUT2D eigenvalue weighted by molar-refractivity contribution is 7.89. The summed E-state index contributed by atoms with van der Waals surface area (Å²) in [6.45, 7) is -0.240. The lowest BCUT2D eigenvalue weighted by Gasteiger charge is -2.17. The average Bonchev–Trinajstić information content (AvgIpc) is 2.77. The molecule has 32 heavy (non-hydrogen) atoms. The zero-order valence-corrected chi connectivity index (χ0v) is 19.0. The van der Waals surface area contributed by atoms with Crippen molar-refractivity contribution in [3.63, 3.8) is 0 Å². The Morgan fingerprint density at radius 1 is 1.00 bits per heavy atom. The van der Waals surface area contributed by atoms with E-state index in [9.17, 15) is 18.0 Å². The van der Waals surface area contributed by atoms with Gasteiger partial charge in [0.05, 0.1) is 11.3 Å². The molecule has 0 atom stereocenters. The topological polar surface area (TPSA) is 92.8 Å². The van der Waals surface area contributed by atoms with E-state index < -0.39 is 22.6 Å². The third-order valence-corrected chi connectivity index (χ3v) is 6.44. The van der Waals surface area contributed by atoms with Crippen molar-refractivity contribution < 1.29 is 22.7 Å². The van der Waals surface area contributed by atoms with Gasteiger partial charge in [-0.1, -0.05) is 54.1 Å². The summed E-state index contributed by atoms with van der Waals surface area (Å²) in [5.41, 5.74) is 0.850. The molecule has 0 fully saturated rings. The van der Waals surface area contributed by atoms with Crippen LogP contribution in [0.25, 0.3) is 10.8 Å². The van der Waals surface area contributed by atoms with Crippen LogP contribution in [0.3, 0.4) is 0 Å². The molecule has 1 amide bonds. The van der Waals surface area contributed by atoms with E-state index in [-0.39, 0.29) is 23.8 Å². The van der Waals surface area contributed by atoms with Crippen molar-refractivity contribution >= 4 is 44.3 Å². The molecule has 3 aromatic carbocycles. The monoisotopic (exact) mass is 474 g/mol. The van der Waals surface area contributed by atoms with Crippen LogP contribution in [0.4, 0.5) is 0 Å². The maximum absolute atomic E-state index is 12.5. The van der Waals surface area contributed by atoms with Gasteiger partial charge in [0.15, 0.2) is 6.61 Å². The Kier molecular flexibility index (Phi) is 7.84. The normalized spacial score (nSPS) is 11.3. The smallest absolute Gasteiger partial charge is 0.307 e. The summed E-state index contributed by atoms with van der Waals surface area (Å²) in [7, 11) is -2.18. The van der Waals surface area contributed by atoms with Gasteiger partial charge >= 0.3 is 5.97 Å². The Labute approximate surface area is 192 Å². The number of sulfonamides is 1. The first-order chi connectivity index (χ1) is 15.2. The number of fused-ring (bicyclic) bond motifs is 1. The number of nitrogens with zero attached hydrogens (tertiary/aromatic N) is 1. The number of hydrogen-bond acceptors (Lipinski definition) is 5. The number of amides is 1. The molecule has 0 aromatic heterocycles. The largest absolute Gasteiger partial charge is 0.456 e. The van der Waals surface area contributed by atoms with Gasteiger partial charge in [-0.3, -0.25) is 9.59 Å². The van der Waals surface area contributed by atoms with E-state index >= 15 is 0 Å². The van der Waals surface area contributed by atoms with E-state index in [0.29, 0.717) is 11.6 Å². The maximum Gasteiger partial charge on any atom is 0.307 e. The van der Waals surface area contributed by atoms with Crippen LogP contribution in [-0.4, -0.2) is 45.4 Å². The van der Waals surface area contributed by atoms with Gasteiger partial charge in [0.1, 0.15) is 0 Å². The first kappa shape index (κ1) is 23.7. The third kappa shape index (κ3) is 6.53. The molecule has 0 bridgehead atoms. The third-order valence-electron chi connectivity index (χ3n) is 4.74. The van der Waals surface area contributed by atoms with Crippen molar-refractivity contribution in [2.24, 2.45) is 0 Å². The van der Waals surface area contributed by atoms with Gasteiger partial charge in [-0.2, -0.15) is 0 Å². The van der Waals surface area contributed by atoms with E-state index in [1.54, 1.807) is 37.4 Å². The molecule has 7 nitrogen and oxygen atoms in total. The number of likely N-dealkylation sites (N-methyl/N-ethyl adjacent to an activating group) is 1. The molecule has 168 valence electrons. The van der Waals surface area contributed by atoms with Crippen LogP contribution < -0.4 is 4.72 Å². The Balaban J connectivity index is 1.44. The molecule has 0 heterocycles. The zero-order valence-electron chi connectivity index (χ0n) is 17.5. The zero-order chi connectivity index (χ0) is 23.1. The van der Waals surface area contributed by atoms with Gasteiger partial charge in [0.2, 0.25) is 10.0 Å². The number of rotatable bonds is 9. The van der Waals surface area contributed by atoms with Gasteiger partial charge in [-0.15, -0.1) is 0 Å². The van der Waals surface area contributed by atoms with Crippen molar-refractivity contribution in [1.82, 2.24) is 9.62 Å². The predicted octanol–water partition coefficient (Wildman–Crippen LogP) is 3.36. The molecule has 0 spiro atoms. The minimum atomic E-state index is -3.77. The van der Waals surface area contributed by atoms with Gasteiger partial charge in [0.25, 0.3) is 5.91 Å². The first-order valence-corrected chi connectivity index (χ1v) is 11.7. The van der Waals surface area contributed by atoms with Gasteiger partial charge in [-0.05, 0) is 40.6 Å². The lowest BCUT2D eigenvalue weighted by molar-refractivity contribution is -0.151. The number of ether oxygens (including phenoxy) is 1. The molecular weight excluding hydrogens is 452 g/mol. The van der Waals surface area contributed by atoms with E-state index in [2.05, 4.69) is 4.72 Å². The number of nitrogens with one attached hydrogen (secondary N) is 1. The molecule has 0 saturated carbocycles. The highest BCUT2D eigenvalue weighted by Crippen LogP contribution is 2.18. The van der Waals surface area contributed by atoms with Crippen LogP contribution >= 0.6 is 11.6 Å². The number of esters is 1. The second kappa shape index (κ2) is 10.6. The van der Waals surface area contributed by atoms with E-state index in [0.717, 1.165) is 16.3 Å². The summed E-state index contributed by atoms with van der Waals surface area (Å²) < 4.78 is 32.3. The lowest BCUT2D eigenvalue weighted by Crippen LogP contribution is -2.31. The number of carbonyl (C=O) groups excluding carboxylic acids is 2. The lowest BCUT2D eigenvalue weighted by atomic mass is 10.1. The molecule has 0 aliphatic heterocycles. The SMILES string of the molecule is CN(Cc1cccc(Cl)c1)C(=O)COC(=O)CCNS(=O)(=O)c1ccc2ccccc2c1. The molecule has 1 N–H and O–H groups in total. The Bertz CT molecular complexity index is 1230. The van der Waals surface area contributed by atoms with Gasteiger partial charge < -0.3 is 9.64 Å². The number of hydrogen-bond donors (Lipinski definition) is 1. The van der Waals surface area contributed by atoms with E-state index in [1.807, 2.05) is 30.3 Å². The molecule has 3 rings (SSSR count). The van der Waals surface area contributed by atoms with Crippen LogP contribution in [0.2, 0.25) is 5.02 Å². The fraction of sp³-hybridized carbons (Fsp3) is 0.217. The summed E-state index contributed by atoms with van der Waals surface area (Å²) in [6, 6.07) is 19.3. The second-order valence-corrected chi connectivity index (χ2v) is 9.40. The van der Waals surface area contributed by atoms with Gasteiger partial charge in [0, 0.05) is 25.2 Å². The summed E-state index contributed by atoms with van der Waals surface area (Å²) in [5, 5.41) is 2.30. The Hall–Kier alpha value is -2.94. The van der Waals surface area contributed by atoms with Crippen molar-refractivity contribution in [3.05, 3.63) is 77.3 Å². The van der Waals surface area contributed by atoms with Crippen LogP contribution in [0.15, 0.2) is 71.6 Å². The fourth-order valence-corrected chi connectivity index (χ4v) is 4.31. The number of carbonyl (C=O) groups is 2. The summed E-state index contributed by atoms with van der Waals surface area (Å²) in [6.07, 6.45) is -0.196. The quantitative estimate of drug-likeness (QED) is 0.480. The molecule has 0 unspecified atom stereocenters. The van der Waals surface area contributed by atoms with Crippen LogP contribution in [0, 0.1) is 0 Å². The van der Waals surface area contributed by atoms with Crippen LogP contribution in [0.5, 0.6) is 0 Å². The van der Waals surface area contributed by atoms with Crippen LogP contribution in [-0.2, 0) is 30.9 Å². The minimum Gasteiger partial charge on any atom is -0.456 e. The van der Waals surface area contributed by atoms with Crippen LogP contribution in [0.1, 0.15) is 12.0 Å². The molecule has 0 aliphatic carbocycles. The Morgan fingerprint density at radius 2 is 1.75 bits per heavy atom. The highest BCUT2D eigenvalue weighted by atomic mass is 35.5. The van der Waals surface area contributed by atoms with E-state index in [4.69, 9.17) is 16.3 Å². The Morgan fingerprint density at radius 3 is 2.50 bits per heavy atom. The van der Waals surface area contributed by atoms with Crippen molar-refractivity contribution in [1.29, 1.82) is 0 Å². The average molecular weight is 475 g/mol. The molecule has 0 aliphatic rings. The van der Waals surface area contributed by atoms with Crippen molar-refractivity contribution in [2.75, 3.05) is 20.2 Å². The fourth-order valence-electron chi connectivity index (χ4n) is 3.03. The summed E-state index contributed by atoms with van der Waals surface area (Å²) in [5.74, 6) is -1.05. The predicted molar refractivity (Wildman–Crippen MR) is 123 cm³/mol. The summed E-state index contributed by atoms with van der Waals surface area (Å²) >= 11 is 5.93. The van der Waals surface area contributed by atoms with E-state index in [1.165, 1.54) is 11.0 Å².